The summed E-state index contributed by atoms with van der Waals surface area (Å²) in [5.74, 6) is 0.0561. The van der Waals surface area contributed by atoms with Gasteiger partial charge in [0, 0.05) is 11.9 Å². The second-order valence-electron chi connectivity index (χ2n) is 6.74. The van der Waals surface area contributed by atoms with Gasteiger partial charge < -0.3 is 19.2 Å². The van der Waals surface area contributed by atoms with Crippen molar-refractivity contribution in [3.8, 4) is 5.75 Å². The van der Waals surface area contributed by atoms with Crippen molar-refractivity contribution in [1.82, 2.24) is 5.32 Å². The Morgan fingerprint density at radius 2 is 1.90 bits per heavy atom. The molecule has 1 heterocycles. The van der Waals surface area contributed by atoms with Crippen LogP contribution in [-0.2, 0) is 16.0 Å². The van der Waals surface area contributed by atoms with Crippen LogP contribution < -0.4 is 10.1 Å². The van der Waals surface area contributed by atoms with E-state index in [2.05, 4.69) is 5.32 Å². The number of carbonyl (C=O) groups excluding carboxylic acids is 2. The third-order valence-corrected chi connectivity index (χ3v) is 4.75. The molecular formula is C23H25NO5. The number of esters is 1. The van der Waals surface area contributed by atoms with Gasteiger partial charge in [-0.3, -0.25) is 9.59 Å². The minimum Gasteiger partial charge on any atom is -0.497 e. The Bertz CT molecular complexity index is 993. The number of methoxy groups -OCH3 is 1. The standard InChI is InChI=1S/C23H25NO5/c1-4-28-23(26)17(12-16-8-6-5-7-9-16)14-24-22(25)21-15(2)29-20-11-10-18(27-3)13-19(20)21/h5-11,13,17H,4,12,14H2,1-3H3,(H,24,25). The number of carbonyl (C=O) groups is 2. The molecule has 29 heavy (non-hydrogen) atoms. The number of hydrogen-bond acceptors (Lipinski definition) is 5. The molecule has 0 aliphatic carbocycles. The van der Waals surface area contributed by atoms with Gasteiger partial charge in [0.1, 0.15) is 17.1 Å². The molecule has 0 saturated heterocycles. The van der Waals surface area contributed by atoms with Gasteiger partial charge in [0.25, 0.3) is 5.91 Å². The lowest BCUT2D eigenvalue weighted by molar-refractivity contribution is -0.147. The monoisotopic (exact) mass is 395 g/mol. The average Bonchev–Trinajstić information content (AvgIpc) is 3.06. The Morgan fingerprint density at radius 3 is 2.59 bits per heavy atom. The number of furan rings is 1. The number of rotatable bonds is 8. The van der Waals surface area contributed by atoms with Crippen molar-refractivity contribution in [1.29, 1.82) is 0 Å². The number of nitrogens with one attached hydrogen (secondary N) is 1. The van der Waals surface area contributed by atoms with Crippen molar-refractivity contribution in [2.75, 3.05) is 20.3 Å². The molecule has 0 saturated carbocycles. The minimum absolute atomic E-state index is 0.169. The Balaban J connectivity index is 1.78. The van der Waals surface area contributed by atoms with Gasteiger partial charge in [0.05, 0.1) is 25.2 Å². The first kappa shape index (κ1) is 20.5. The molecule has 1 atom stereocenters. The van der Waals surface area contributed by atoms with Gasteiger partial charge in [-0.2, -0.15) is 0 Å². The Kier molecular flexibility index (Phi) is 6.54. The number of amides is 1. The molecule has 0 spiro atoms. The second-order valence-corrected chi connectivity index (χ2v) is 6.74. The Labute approximate surface area is 169 Å². The Hall–Kier alpha value is -3.28. The maximum absolute atomic E-state index is 12.9. The summed E-state index contributed by atoms with van der Waals surface area (Å²) in [5, 5.41) is 3.55. The largest absolute Gasteiger partial charge is 0.497 e. The first-order valence-corrected chi connectivity index (χ1v) is 9.59. The lowest BCUT2D eigenvalue weighted by Crippen LogP contribution is -2.35. The van der Waals surface area contributed by atoms with Crippen molar-refractivity contribution in [3.05, 3.63) is 65.4 Å². The molecule has 0 fully saturated rings. The maximum Gasteiger partial charge on any atom is 0.311 e. The van der Waals surface area contributed by atoms with Crippen LogP contribution in [0.3, 0.4) is 0 Å². The van der Waals surface area contributed by atoms with E-state index in [4.69, 9.17) is 13.9 Å². The zero-order valence-electron chi connectivity index (χ0n) is 16.9. The van der Waals surface area contributed by atoms with Gasteiger partial charge in [0.2, 0.25) is 0 Å². The Morgan fingerprint density at radius 1 is 1.14 bits per heavy atom. The predicted octanol–water partition coefficient (Wildman–Crippen LogP) is 3.90. The fraction of sp³-hybridized carbons (Fsp3) is 0.304. The van der Waals surface area contributed by atoms with E-state index in [0.717, 1.165) is 5.56 Å². The molecule has 0 radical (unpaired) electrons. The van der Waals surface area contributed by atoms with Gasteiger partial charge in [-0.25, -0.2) is 0 Å². The topological polar surface area (TPSA) is 77.8 Å². The highest BCUT2D eigenvalue weighted by Crippen LogP contribution is 2.29. The number of benzene rings is 2. The van der Waals surface area contributed by atoms with Crippen LogP contribution in [-0.4, -0.2) is 32.1 Å². The second kappa shape index (κ2) is 9.28. The molecule has 1 amide bonds. The predicted molar refractivity (Wildman–Crippen MR) is 110 cm³/mol. The zero-order chi connectivity index (χ0) is 20.8. The summed E-state index contributed by atoms with van der Waals surface area (Å²) in [6.45, 7) is 3.98. The smallest absolute Gasteiger partial charge is 0.311 e. The van der Waals surface area contributed by atoms with E-state index in [1.807, 2.05) is 30.3 Å². The molecule has 0 aliphatic rings. The molecule has 3 aromatic rings. The summed E-state index contributed by atoms with van der Waals surface area (Å²) in [6, 6.07) is 15.0. The van der Waals surface area contributed by atoms with Gasteiger partial charge in [-0.05, 0) is 44.0 Å². The van der Waals surface area contributed by atoms with Gasteiger partial charge in [-0.1, -0.05) is 30.3 Å². The summed E-state index contributed by atoms with van der Waals surface area (Å²) in [5.41, 5.74) is 2.07. The summed E-state index contributed by atoms with van der Waals surface area (Å²) in [6.07, 6.45) is 0.485. The number of hydrogen-bond donors (Lipinski definition) is 1. The van der Waals surface area contributed by atoms with E-state index in [0.29, 0.717) is 41.1 Å². The third kappa shape index (κ3) is 4.77. The van der Waals surface area contributed by atoms with Crippen molar-refractivity contribution >= 4 is 22.8 Å². The van der Waals surface area contributed by atoms with Crippen molar-refractivity contribution in [3.63, 3.8) is 0 Å². The number of fused-ring (bicyclic) bond motifs is 1. The van der Waals surface area contributed by atoms with E-state index in [-0.39, 0.29) is 18.4 Å². The molecule has 0 bridgehead atoms. The van der Waals surface area contributed by atoms with Crippen LogP contribution in [0.4, 0.5) is 0 Å². The summed E-state index contributed by atoms with van der Waals surface area (Å²) in [7, 11) is 1.57. The fourth-order valence-electron chi connectivity index (χ4n) is 3.31. The molecule has 2 aromatic carbocycles. The average molecular weight is 395 g/mol. The maximum atomic E-state index is 12.9. The van der Waals surface area contributed by atoms with Crippen LogP contribution in [0, 0.1) is 12.8 Å². The number of aryl methyl sites for hydroxylation is 1. The minimum atomic E-state index is -0.477. The first-order chi connectivity index (χ1) is 14.0. The molecule has 3 rings (SSSR count). The van der Waals surface area contributed by atoms with Gasteiger partial charge in [-0.15, -0.1) is 0 Å². The van der Waals surface area contributed by atoms with Crippen LogP contribution in [0.15, 0.2) is 52.9 Å². The third-order valence-electron chi connectivity index (χ3n) is 4.75. The highest BCUT2D eigenvalue weighted by molar-refractivity contribution is 6.07. The lowest BCUT2D eigenvalue weighted by Gasteiger charge is -2.16. The van der Waals surface area contributed by atoms with Gasteiger partial charge >= 0.3 is 5.97 Å². The molecule has 1 N–H and O–H groups in total. The van der Waals surface area contributed by atoms with Crippen LogP contribution in [0.2, 0.25) is 0 Å². The number of ether oxygens (including phenoxy) is 2. The summed E-state index contributed by atoms with van der Waals surface area (Å²) < 4.78 is 16.2. The summed E-state index contributed by atoms with van der Waals surface area (Å²) >= 11 is 0. The highest BCUT2D eigenvalue weighted by atomic mass is 16.5. The molecule has 6 heteroatoms. The van der Waals surface area contributed by atoms with E-state index >= 15 is 0 Å². The van der Waals surface area contributed by atoms with Crippen LogP contribution in [0.5, 0.6) is 5.75 Å². The first-order valence-electron chi connectivity index (χ1n) is 9.59. The molecule has 152 valence electrons. The molecule has 0 aliphatic heterocycles. The van der Waals surface area contributed by atoms with Crippen molar-refractivity contribution in [2.24, 2.45) is 5.92 Å². The van der Waals surface area contributed by atoms with Crippen LogP contribution >= 0.6 is 0 Å². The van der Waals surface area contributed by atoms with E-state index in [1.165, 1.54) is 0 Å². The lowest BCUT2D eigenvalue weighted by atomic mass is 9.99. The fourth-order valence-corrected chi connectivity index (χ4v) is 3.31. The van der Waals surface area contributed by atoms with E-state index in [1.54, 1.807) is 39.2 Å². The van der Waals surface area contributed by atoms with Crippen LogP contribution in [0.1, 0.15) is 28.6 Å². The quantitative estimate of drug-likeness (QED) is 0.585. The molecular weight excluding hydrogens is 370 g/mol. The van der Waals surface area contributed by atoms with Crippen molar-refractivity contribution < 1.29 is 23.5 Å². The highest BCUT2D eigenvalue weighted by Gasteiger charge is 2.24. The van der Waals surface area contributed by atoms with Gasteiger partial charge in [0.15, 0.2) is 0 Å². The zero-order valence-corrected chi connectivity index (χ0v) is 16.9. The summed E-state index contributed by atoms with van der Waals surface area (Å²) in [4.78, 5) is 25.3. The molecule has 1 aromatic heterocycles. The SMILES string of the molecule is CCOC(=O)C(CNC(=O)c1c(C)oc2ccc(OC)cc12)Cc1ccccc1. The molecule has 1 unspecified atom stereocenters. The van der Waals surface area contributed by atoms with Crippen molar-refractivity contribution in [2.45, 2.75) is 20.3 Å². The molecule has 6 nitrogen and oxygen atoms in total. The van der Waals surface area contributed by atoms with Crippen LogP contribution in [0.25, 0.3) is 11.0 Å². The van der Waals surface area contributed by atoms with E-state index < -0.39 is 5.92 Å². The van der Waals surface area contributed by atoms with E-state index in [9.17, 15) is 9.59 Å². The normalized spacial score (nSPS) is 11.8.